The number of hydrogen-bond donors (Lipinski definition) is 0. The lowest BCUT2D eigenvalue weighted by atomic mass is 10.2. The fourth-order valence-corrected chi connectivity index (χ4v) is 3.37. The van der Waals surface area contributed by atoms with Crippen molar-refractivity contribution in [2.75, 3.05) is 59.0 Å². The van der Waals surface area contributed by atoms with Crippen LogP contribution in [0.5, 0.6) is 0 Å². The minimum absolute atomic E-state index is 0.160. The molecule has 1 aromatic heterocycles. The molecule has 26 heavy (non-hydrogen) atoms. The van der Waals surface area contributed by atoms with Crippen LogP contribution in [0.3, 0.4) is 0 Å². The maximum atomic E-state index is 12.4. The van der Waals surface area contributed by atoms with Crippen molar-refractivity contribution in [3.8, 4) is 0 Å². The van der Waals surface area contributed by atoms with E-state index in [2.05, 4.69) is 9.80 Å². The van der Waals surface area contributed by atoms with Gasteiger partial charge in [-0.2, -0.15) is 0 Å². The van der Waals surface area contributed by atoms with Crippen LogP contribution in [-0.4, -0.2) is 88.8 Å². The SMILES string of the molecule is Cn1c(CN2CCN(C(=O)CN3CCOCC3)CC2)cc(=O)n(C)c1=O. The first-order valence-corrected chi connectivity index (χ1v) is 9.02. The van der Waals surface area contributed by atoms with Crippen molar-refractivity contribution in [2.45, 2.75) is 6.54 Å². The first-order valence-electron chi connectivity index (χ1n) is 9.02. The van der Waals surface area contributed by atoms with E-state index < -0.39 is 0 Å². The molecule has 3 heterocycles. The van der Waals surface area contributed by atoms with Gasteiger partial charge in [0.2, 0.25) is 5.91 Å². The van der Waals surface area contributed by atoms with Gasteiger partial charge >= 0.3 is 5.69 Å². The monoisotopic (exact) mass is 365 g/mol. The van der Waals surface area contributed by atoms with Gasteiger partial charge in [-0.05, 0) is 0 Å². The summed E-state index contributed by atoms with van der Waals surface area (Å²) in [6, 6.07) is 1.51. The molecule has 0 aromatic carbocycles. The molecular formula is C17H27N5O4. The van der Waals surface area contributed by atoms with Crippen LogP contribution in [0.1, 0.15) is 5.69 Å². The standard InChI is InChI=1S/C17H27N5O4/c1-18-14(11-15(23)19(2)17(18)25)12-20-3-5-22(6-4-20)16(24)13-21-7-9-26-10-8-21/h11H,3-10,12-13H2,1-2H3. The van der Waals surface area contributed by atoms with E-state index in [1.54, 1.807) is 7.05 Å². The molecule has 1 aromatic rings. The van der Waals surface area contributed by atoms with Crippen LogP contribution in [0.4, 0.5) is 0 Å². The third-order valence-electron chi connectivity index (χ3n) is 5.20. The highest BCUT2D eigenvalue weighted by molar-refractivity contribution is 5.78. The second-order valence-corrected chi connectivity index (χ2v) is 6.92. The molecule has 9 heteroatoms. The van der Waals surface area contributed by atoms with Crippen molar-refractivity contribution in [2.24, 2.45) is 14.1 Å². The molecule has 144 valence electrons. The number of aromatic nitrogens is 2. The van der Waals surface area contributed by atoms with Crippen LogP contribution >= 0.6 is 0 Å². The van der Waals surface area contributed by atoms with E-state index in [1.165, 1.54) is 17.7 Å². The number of carbonyl (C=O) groups is 1. The number of amides is 1. The molecule has 0 aliphatic carbocycles. The highest BCUT2D eigenvalue weighted by atomic mass is 16.5. The van der Waals surface area contributed by atoms with Gasteiger partial charge in [-0.15, -0.1) is 0 Å². The molecule has 0 unspecified atom stereocenters. The lowest BCUT2D eigenvalue weighted by molar-refractivity contribution is -0.135. The summed E-state index contributed by atoms with van der Waals surface area (Å²) in [4.78, 5) is 42.5. The number of piperazine rings is 1. The number of hydrogen-bond acceptors (Lipinski definition) is 6. The van der Waals surface area contributed by atoms with Crippen molar-refractivity contribution in [1.82, 2.24) is 23.8 Å². The van der Waals surface area contributed by atoms with Crippen molar-refractivity contribution >= 4 is 5.91 Å². The van der Waals surface area contributed by atoms with Gasteiger partial charge in [-0.3, -0.25) is 28.5 Å². The summed E-state index contributed by atoms with van der Waals surface area (Å²) in [6.45, 7) is 6.79. The highest BCUT2D eigenvalue weighted by Gasteiger charge is 2.24. The van der Waals surface area contributed by atoms with Crippen molar-refractivity contribution in [3.05, 3.63) is 32.6 Å². The van der Waals surface area contributed by atoms with E-state index in [0.717, 1.165) is 30.7 Å². The van der Waals surface area contributed by atoms with Crippen LogP contribution in [0.2, 0.25) is 0 Å². The zero-order valence-corrected chi connectivity index (χ0v) is 15.5. The van der Waals surface area contributed by atoms with Gasteiger partial charge in [0, 0.05) is 71.7 Å². The number of carbonyl (C=O) groups excluding carboxylic acids is 1. The Morgan fingerprint density at radius 3 is 2.27 bits per heavy atom. The molecule has 2 saturated heterocycles. The number of nitrogens with zero attached hydrogens (tertiary/aromatic N) is 5. The Morgan fingerprint density at radius 1 is 0.962 bits per heavy atom. The lowest BCUT2D eigenvalue weighted by Crippen LogP contribution is -2.52. The average molecular weight is 365 g/mol. The molecule has 0 atom stereocenters. The summed E-state index contributed by atoms with van der Waals surface area (Å²) in [7, 11) is 3.16. The van der Waals surface area contributed by atoms with Gasteiger partial charge < -0.3 is 9.64 Å². The Balaban J connectivity index is 1.53. The zero-order chi connectivity index (χ0) is 18.7. The summed E-state index contributed by atoms with van der Waals surface area (Å²) in [5, 5.41) is 0. The molecule has 0 N–H and O–H groups in total. The van der Waals surface area contributed by atoms with Crippen LogP contribution in [-0.2, 0) is 30.2 Å². The van der Waals surface area contributed by atoms with E-state index >= 15 is 0 Å². The third kappa shape index (κ3) is 4.22. The van der Waals surface area contributed by atoms with E-state index in [4.69, 9.17) is 4.74 Å². The molecule has 2 fully saturated rings. The fraction of sp³-hybridized carbons (Fsp3) is 0.706. The second-order valence-electron chi connectivity index (χ2n) is 6.92. The first kappa shape index (κ1) is 18.8. The average Bonchev–Trinajstić information content (AvgIpc) is 2.65. The van der Waals surface area contributed by atoms with Crippen LogP contribution in [0.15, 0.2) is 15.7 Å². The molecule has 1 amide bonds. The van der Waals surface area contributed by atoms with E-state index in [-0.39, 0.29) is 17.2 Å². The van der Waals surface area contributed by atoms with Gasteiger partial charge in [-0.1, -0.05) is 0 Å². The van der Waals surface area contributed by atoms with E-state index in [0.29, 0.717) is 45.1 Å². The highest BCUT2D eigenvalue weighted by Crippen LogP contribution is 2.08. The molecular weight excluding hydrogens is 338 g/mol. The minimum atomic E-state index is -0.313. The predicted octanol–water partition coefficient (Wildman–Crippen LogP) is -1.94. The maximum Gasteiger partial charge on any atom is 0.330 e. The second kappa shape index (κ2) is 8.15. The van der Waals surface area contributed by atoms with Crippen LogP contribution in [0.25, 0.3) is 0 Å². The van der Waals surface area contributed by atoms with Gasteiger partial charge in [0.1, 0.15) is 0 Å². The fourth-order valence-electron chi connectivity index (χ4n) is 3.37. The molecule has 9 nitrogen and oxygen atoms in total. The number of ether oxygens (including phenoxy) is 1. The predicted molar refractivity (Wildman–Crippen MR) is 96.0 cm³/mol. The summed E-state index contributed by atoms with van der Waals surface area (Å²) < 4.78 is 7.92. The zero-order valence-electron chi connectivity index (χ0n) is 15.5. The van der Waals surface area contributed by atoms with E-state index in [1.807, 2.05) is 4.90 Å². The summed E-state index contributed by atoms with van der Waals surface area (Å²) in [5.74, 6) is 0.160. The minimum Gasteiger partial charge on any atom is -0.379 e. The van der Waals surface area contributed by atoms with Crippen LogP contribution in [0, 0.1) is 0 Å². The Hall–Kier alpha value is -1.97. The first-order chi connectivity index (χ1) is 12.5. The van der Waals surface area contributed by atoms with Gasteiger partial charge in [-0.25, -0.2) is 4.79 Å². The molecule has 0 spiro atoms. The Kier molecular flexibility index (Phi) is 5.90. The van der Waals surface area contributed by atoms with Crippen molar-refractivity contribution < 1.29 is 9.53 Å². The van der Waals surface area contributed by atoms with E-state index in [9.17, 15) is 14.4 Å². The molecule has 3 rings (SSSR count). The quantitative estimate of drug-likeness (QED) is 0.618. The maximum absolute atomic E-state index is 12.4. The number of morpholine rings is 1. The van der Waals surface area contributed by atoms with Crippen molar-refractivity contribution in [1.29, 1.82) is 0 Å². The summed E-state index contributed by atoms with van der Waals surface area (Å²) in [5.41, 5.74) is 0.0976. The van der Waals surface area contributed by atoms with Crippen molar-refractivity contribution in [3.63, 3.8) is 0 Å². The van der Waals surface area contributed by atoms with Gasteiger partial charge in [0.15, 0.2) is 0 Å². The molecule has 0 saturated carbocycles. The topological polar surface area (TPSA) is 80.0 Å². The molecule has 0 radical (unpaired) electrons. The molecule has 0 bridgehead atoms. The molecule has 2 aliphatic rings. The number of rotatable bonds is 4. The summed E-state index contributed by atoms with van der Waals surface area (Å²) in [6.07, 6.45) is 0. The smallest absolute Gasteiger partial charge is 0.330 e. The Bertz CT molecular complexity index is 757. The largest absolute Gasteiger partial charge is 0.379 e. The van der Waals surface area contributed by atoms with Crippen LogP contribution < -0.4 is 11.2 Å². The van der Waals surface area contributed by atoms with Gasteiger partial charge in [0.25, 0.3) is 5.56 Å². The lowest BCUT2D eigenvalue weighted by Gasteiger charge is -2.36. The Morgan fingerprint density at radius 2 is 1.62 bits per heavy atom. The Labute approximate surface area is 152 Å². The third-order valence-corrected chi connectivity index (χ3v) is 5.20. The summed E-state index contributed by atoms with van der Waals surface area (Å²) >= 11 is 0. The molecule has 2 aliphatic heterocycles. The normalized spacial score (nSPS) is 19.7. The van der Waals surface area contributed by atoms with Gasteiger partial charge in [0.05, 0.1) is 19.8 Å².